The van der Waals surface area contributed by atoms with Crippen LogP contribution in [0.5, 0.6) is 11.5 Å². The van der Waals surface area contributed by atoms with Crippen LogP contribution in [0.4, 0.5) is 0 Å². The molecule has 0 atom stereocenters. The van der Waals surface area contributed by atoms with Crippen LogP contribution >= 0.6 is 11.8 Å². The first-order chi connectivity index (χ1) is 7.74. The fourth-order valence-corrected chi connectivity index (χ4v) is 2.81. The highest BCUT2D eigenvalue weighted by molar-refractivity contribution is 7.99. The zero-order valence-electron chi connectivity index (χ0n) is 9.28. The molecule has 0 N–H and O–H groups in total. The van der Waals surface area contributed by atoms with E-state index in [2.05, 4.69) is 32.0 Å². The number of fused-ring (bicyclic) bond motifs is 2. The van der Waals surface area contributed by atoms with Gasteiger partial charge in [-0.05, 0) is 49.2 Å². The van der Waals surface area contributed by atoms with Crippen LogP contribution in [0, 0.1) is 13.8 Å². The summed E-state index contributed by atoms with van der Waals surface area (Å²) in [6, 6.07) is 12.5. The summed E-state index contributed by atoms with van der Waals surface area (Å²) in [5.41, 5.74) is 2.59. The number of benzene rings is 2. The number of rotatable bonds is 0. The highest BCUT2D eigenvalue weighted by Crippen LogP contribution is 2.47. The van der Waals surface area contributed by atoms with E-state index in [1.165, 1.54) is 20.9 Å². The Balaban J connectivity index is 2.12. The van der Waals surface area contributed by atoms with Gasteiger partial charge in [0.15, 0.2) is 0 Å². The van der Waals surface area contributed by atoms with Gasteiger partial charge >= 0.3 is 0 Å². The molecule has 0 bridgehead atoms. The van der Waals surface area contributed by atoms with Gasteiger partial charge in [0.2, 0.25) is 0 Å². The lowest BCUT2D eigenvalue weighted by molar-refractivity contribution is 0.454. The highest BCUT2D eigenvalue weighted by Gasteiger charge is 2.17. The van der Waals surface area contributed by atoms with Crippen LogP contribution in [-0.4, -0.2) is 0 Å². The summed E-state index contributed by atoms with van der Waals surface area (Å²) in [6.45, 7) is 4.25. The number of para-hydroxylation sites is 1. The fraction of sp³-hybridized carbons (Fsp3) is 0.143. The van der Waals surface area contributed by atoms with E-state index in [4.69, 9.17) is 4.74 Å². The predicted molar refractivity (Wildman–Crippen MR) is 66.6 cm³/mol. The van der Waals surface area contributed by atoms with Crippen LogP contribution in [0.1, 0.15) is 11.1 Å². The zero-order chi connectivity index (χ0) is 11.1. The molecular weight excluding hydrogens is 216 g/mol. The molecule has 0 saturated carbocycles. The number of ether oxygens (including phenoxy) is 1. The molecule has 3 rings (SSSR count). The second kappa shape index (κ2) is 3.56. The normalized spacial score (nSPS) is 12.6. The lowest BCUT2D eigenvalue weighted by Crippen LogP contribution is -1.96. The maximum Gasteiger partial charge on any atom is 0.141 e. The Hall–Kier alpha value is -1.41. The summed E-state index contributed by atoms with van der Waals surface area (Å²) in [5.74, 6) is 1.94. The number of hydrogen-bond donors (Lipinski definition) is 0. The molecule has 0 aliphatic carbocycles. The topological polar surface area (TPSA) is 9.23 Å². The van der Waals surface area contributed by atoms with Gasteiger partial charge in [0.1, 0.15) is 11.5 Å². The van der Waals surface area contributed by atoms with Crippen molar-refractivity contribution in [2.75, 3.05) is 0 Å². The maximum atomic E-state index is 5.89. The first-order valence-corrected chi connectivity index (χ1v) is 6.12. The molecule has 0 aromatic heterocycles. The second-order valence-electron chi connectivity index (χ2n) is 4.03. The Bertz CT molecular complexity index is 511. The van der Waals surface area contributed by atoms with Crippen LogP contribution in [0.2, 0.25) is 0 Å². The minimum atomic E-state index is 0.961. The van der Waals surface area contributed by atoms with E-state index in [0.717, 1.165) is 11.5 Å². The van der Waals surface area contributed by atoms with Gasteiger partial charge in [-0.2, -0.15) is 0 Å². The lowest BCUT2D eigenvalue weighted by Gasteiger charge is -2.20. The van der Waals surface area contributed by atoms with Crippen molar-refractivity contribution in [1.29, 1.82) is 0 Å². The van der Waals surface area contributed by atoms with Crippen LogP contribution in [0.3, 0.4) is 0 Å². The molecule has 0 fully saturated rings. The van der Waals surface area contributed by atoms with Crippen molar-refractivity contribution in [1.82, 2.24) is 0 Å². The summed E-state index contributed by atoms with van der Waals surface area (Å²) in [7, 11) is 0. The van der Waals surface area contributed by atoms with E-state index in [-0.39, 0.29) is 0 Å². The van der Waals surface area contributed by atoms with E-state index in [1.807, 2.05) is 18.2 Å². The molecule has 0 unspecified atom stereocenters. The summed E-state index contributed by atoms with van der Waals surface area (Å²) in [5, 5.41) is 0. The molecule has 1 aliphatic rings. The first-order valence-electron chi connectivity index (χ1n) is 5.30. The Morgan fingerprint density at radius 1 is 0.875 bits per heavy atom. The van der Waals surface area contributed by atoms with E-state index < -0.39 is 0 Å². The van der Waals surface area contributed by atoms with Gasteiger partial charge in [-0.3, -0.25) is 0 Å². The quantitative estimate of drug-likeness (QED) is 0.558. The molecule has 80 valence electrons. The molecule has 16 heavy (non-hydrogen) atoms. The molecule has 1 aliphatic heterocycles. The van der Waals surface area contributed by atoms with Gasteiger partial charge in [0.25, 0.3) is 0 Å². The number of hydrogen-bond acceptors (Lipinski definition) is 2. The average molecular weight is 228 g/mol. The van der Waals surface area contributed by atoms with Gasteiger partial charge in [0.05, 0.1) is 9.79 Å². The monoisotopic (exact) mass is 228 g/mol. The second-order valence-corrected chi connectivity index (χ2v) is 5.12. The zero-order valence-corrected chi connectivity index (χ0v) is 10.1. The van der Waals surface area contributed by atoms with E-state index in [9.17, 15) is 0 Å². The van der Waals surface area contributed by atoms with E-state index >= 15 is 0 Å². The van der Waals surface area contributed by atoms with Crippen molar-refractivity contribution in [2.24, 2.45) is 0 Å². The average Bonchev–Trinajstić information content (AvgIpc) is 2.28. The predicted octanol–water partition coefficient (Wildman–Crippen LogP) is 4.56. The third-order valence-corrected chi connectivity index (χ3v) is 3.95. The highest BCUT2D eigenvalue weighted by atomic mass is 32.2. The number of aryl methyl sites for hydroxylation is 2. The summed E-state index contributed by atoms with van der Waals surface area (Å²) in [6.07, 6.45) is 0. The standard InChI is InChI=1S/C14H12OS/c1-9-7-12-14(8-10(9)2)16-13-6-4-3-5-11(13)15-12/h3-8H,1-2H3. The van der Waals surface area contributed by atoms with E-state index in [1.54, 1.807) is 11.8 Å². The van der Waals surface area contributed by atoms with Crippen molar-refractivity contribution in [3.05, 3.63) is 47.5 Å². The lowest BCUT2D eigenvalue weighted by atomic mass is 10.1. The van der Waals surface area contributed by atoms with Gasteiger partial charge < -0.3 is 4.74 Å². The smallest absolute Gasteiger partial charge is 0.141 e. The van der Waals surface area contributed by atoms with Crippen LogP contribution in [0.15, 0.2) is 46.2 Å². The summed E-state index contributed by atoms with van der Waals surface area (Å²) >= 11 is 1.78. The molecule has 0 spiro atoms. The van der Waals surface area contributed by atoms with Crippen LogP contribution in [0.25, 0.3) is 0 Å². The summed E-state index contributed by atoms with van der Waals surface area (Å²) in [4.78, 5) is 2.40. The Kier molecular flexibility index (Phi) is 2.18. The molecule has 0 amide bonds. The molecule has 2 aromatic carbocycles. The third-order valence-electron chi connectivity index (χ3n) is 2.85. The van der Waals surface area contributed by atoms with Gasteiger partial charge in [-0.1, -0.05) is 23.9 Å². The Morgan fingerprint density at radius 3 is 2.50 bits per heavy atom. The molecular formula is C14H12OS. The molecule has 0 radical (unpaired) electrons. The van der Waals surface area contributed by atoms with Crippen LogP contribution < -0.4 is 4.74 Å². The third kappa shape index (κ3) is 1.50. The Labute approximate surface area is 99.4 Å². The van der Waals surface area contributed by atoms with Gasteiger partial charge in [0, 0.05) is 0 Å². The largest absolute Gasteiger partial charge is 0.455 e. The van der Waals surface area contributed by atoms with Gasteiger partial charge in [-0.25, -0.2) is 0 Å². The molecule has 2 aromatic rings. The van der Waals surface area contributed by atoms with Crippen molar-refractivity contribution in [3.8, 4) is 11.5 Å². The molecule has 1 nitrogen and oxygen atoms in total. The van der Waals surface area contributed by atoms with Crippen LogP contribution in [-0.2, 0) is 0 Å². The maximum absolute atomic E-state index is 5.89. The van der Waals surface area contributed by atoms with Crippen molar-refractivity contribution in [3.63, 3.8) is 0 Å². The first kappa shape index (κ1) is 9.79. The Morgan fingerprint density at radius 2 is 1.62 bits per heavy atom. The minimum Gasteiger partial charge on any atom is -0.455 e. The van der Waals surface area contributed by atoms with Crippen molar-refractivity contribution >= 4 is 11.8 Å². The van der Waals surface area contributed by atoms with E-state index in [0.29, 0.717) is 0 Å². The molecule has 2 heteroatoms. The SMILES string of the molecule is Cc1cc2c(cc1C)Sc1ccccc1O2. The summed E-state index contributed by atoms with van der Waals surface area (Å²) < 4.78 is 5.89. The van der Waals surface area contributed by atoms with Gasteiger partial charge in [-0.15, -0.1) is 0 Å². The van der Waals surface area contributed by atoms with Crippen molar-refractivity contribution < 1.29 is 4.74 Å². The molecule has 1 heterocycles. The molecule has 0 saturated heterocycles. The minimum absolute atomic E-state index is 0.961. The van der Waals surface area contributed by atoms with Crippen molar-refractivity contribution in [2.45, 2.75) is 23.6 Å². The fourth-order valence-electron chi connectivity index (χ4n) is 1.78.